The van der Waals surface area contributed by atoms with E-state index in [9.17, 15) is 9.90 Å². The van der Waals surface area contributed by atoms with E-state index in [2.05, 4.69) is 12.0 Å². The maximum Gasteiger partial charge on any atom is 0.254 e. The van der Waals surface area contributed by atoms with Crippen LogP contribution in [0.3, 0.4) is 0 Å². The summed E-state index contributed by atoms with van der Waals surface area (Å²) in [5.41, 5.74) is 3.00. The van der Waals surface area contributed by atoms with Crippen LogP contribution in [0.5, 0.6) is 0 Å². The summed E-state index contributed by atoms with van der Waals surface area (Å²) in [6.07, 6.45) is 3.61. The van der Waals surface area contributed by atoms with Crippen LogP contribution in [0, 0.1) is 0 Å². The van der Waals surface area contributed by atoms with E-state index >= 15 is 0 Å². The van der Waals surface area contributed by atoms with Gasteiger partial charge in [-0.15, -0.1) is 0 Å². The molecule has 2 aromatic heterocycles. The summed E-state index contributed by atoms with van der Waals surface area (Å²) in [7, 11) is 0. The average Bonchev–Trinajstić information content (AvgIpc) is 3.15. The van der Waals surface area contributed by atoms with Gasteiger partial charge in [0.2, 0.25) is 0 Å². The minimum absolute atomic E-state index is 0.0551. The molecule has 0 aliphatic rings. The van der Waals surface area contributed by atoms with Gasteiger partial charge in [0.05, 0.1) is 29.4 Å². The molecule has 0 radical (unpaired) electrons. The molecule has 2 heterocycles. The van der Waals surface area contributed by atoms with Gasteiger partial charge in [0.25, 0.3) is 5.91 Å². The maximum atomic E-state index is 13.4. The molecule has 148 valence electrons. The highest BCUT2D eigenvalue weighted by Gasteiger charge is 2.22. The number of amides is 1. The van der Waals surface area contributed by atoms with E-state index in [4.69, 9.17) is 4.98 Å². The second-order valence-corrected chi connectivity index (χ2v) is 7.21. The van der Waals surface area contributed by atoms with Crippen LogP contribution < -0.4 is 0 Å². The van der Waals surface area contributed by atoms with Crippen LogP contribution in [-0.2, 0) is 0 Å². The molecule has 0 atom stereocenters. The van der Waals surface area contributed by atoms with Crippen molar-refractivity contribution in [3.8, 4) is 11.3 Å². The minimum atomic E-state index is -0.0876. The van der Waals surface area contributed by atoms with Gasteiger partial charge in [-0.25, -0.2) is 9.67 Å². The number of hydrogen-bond acceptors (Lipinski definition) is 4. The Morgan fingerprint density at radius 2 is 1.96 bits per heavy atom. The zero-order valence-corrected chi connectivity index (χ0v) is 16.8. The summed E-state index contributed by atoms with van der Waals surface area (Å²) in [6, 6.07) is 11.8. The standard InChI is InChI=1S/C22H28N4O2/c1-4-5-11-25(12-13-27)22(28)18-14-20(17-9-7-6-8-10-17)24-21-19(18)15-23-26(21)16(2)3/h6-10,14-16,27H,4-5,11-13H2,1-3H3. The molecule has 0 aliphatic heterocycles. The second kappa shape index (κ2) is 8.97. The van der Waals surface area contributed by atoms with Gasteiger partial charge in [0, 0.05) is 24.7 Å². The van der Waals surface area contributed by atoms with Gasteiger partial charge in [-0.3, -0.25) is 4.79 Å². The van der Waals surface area contributed by atoms with Crippen LogP contribution in [0.2, 0.25) is 0 Å². The molecule has 1 aromatic carbocycles. The monoisotopic (exact) mass is 380 g/mol. The Kier molecular flexibility index (Phi) is 6.41. The van der Waals surface area contributed by atoms with Gasteiger partial charge in [-0.1, -0.05) is 43.7 Å². The zero-order chi connectivity index (χ0) is 20.1. The fraction of sp³-hybridized carbons (Fsp3) is 0.409. The van der Waals surface area contributed by atoms with Gasteiger partial charge >= 0.3 is 0 Å². The summed E-state index contributed by atoms with van der Waals surface area (Å²) in [5.74, 6) is -0.0876. The molecule has 3 rings (SSSR count). The number of aliphatic hydroxyl groups is 1. The zero-order valence-electron chi connectivity index (χ0n) is 16.8. The third kappa shape index (κ3) is 4.07. The van der Waals surface area contributed by atoms with E-state index in [0.29, 0.717) is 24.3 Å². The number of aromatic nitrogens is 3. The predicted molar refractivity (Wildman–Crippen MR) is 111 cm³/mol. The smallest absolute Gasteiger partial charge is 0.254 e. The van der Waals surface area contributed by atoms with Gasteiger partial charge < -0.3 is 10.0 Å². The first-order chi connectivity index (χ1) is 13.6. The van der Waals surface area contributed by atoms with Gasteiger partial charge in [-0.2, -0.15) is 5.10 Å². The summed E-state index contributed by atoms with van der Waals surface area (Å²) in [4.78, 5) is 19.9. The van der Waals surface area contributed by atoms with Crippen LogP contribution >= 0.6 is 0 Å². The van der Waals surface area contributed by atoms with Crippen LogP contribution in [0.4, 0.5) is 0 Å². The first kappa shape index (κ1) is 20.0. The second-order valence-electron chi connectivity index (χ2n) is 7.21. The van der Waals surface area contributed by atoms with E-state index in [0.717, 1.165) is 29.5 Å². The molecule has 6 heteroatoms. The number of carbonyl (C=O) groups is 1. The molecular weight excluding hydrogens is 352 g/mol. The van der Waals surface area contributed by atoms with E-state index in [1.54, 1.807) is 11.1 Å². The van der Waals surface area contributed by atoms with Crippen LogP contribution in [0.15, 0.2) is 42.6 Å². The number of unbranched alkanes of at least 4 members (excludes halogenated alkanes) is 1. The summed E-state index contributed by atoms with van der Waals surface area (Å²) < 4.78 is 1.85. The van der Waals surface area contributed by atoms with Crippen molar-refractivity contribution in [2.75, 3.05) is 19.7 Å². The first-order valence-electron chi connectivity index (χ1n) is 9.90. The van der Waals surface area contributed by atoms with Crippen molar-refractivity contribution in [3.05, 3.63) is 48.2 Å². The number of pyridine rings is 1. The lowest BCUT2D eigenvalue weighted by Crippen LogP contribution is -2.34. The maximum absolute atomic E-state index is 13.4. The Balaban J connectivity index is 2.15. The molecular formula is C22H28N4O2. The Hall–Kier alpha value is -2.73. The topological polar surface area (TPSA) is 71.2 Å². The third-order valence-electron chi connectivity index (χ3n) is 4.79. The van der Waals surface area contributed by atoms with Crippen molar-refractivity contribution in [1.82, 2.24) is 19.7 Å². The molecule has 6 nitrogen and oxygen atoms in total. The molecule has 0 saturated heterocycles. The fourth-order valence-corrected chi connectivity index (χ4v) is 3.28. The lowest BCUT2D eigenvalue weighted by Gasteiger charge is -2.22. The molecule has 0 aliphatic carbocycles. The molecule has 0 saturated carbocycles. The number of nitrogens with zero attached hydrogens (tertiary/aromatic N) is 4. The molecule has 3 aromatic rings. The third-order valence-corrected chi connectivity index (χ3v) is 4.79. The van der Waals surface area contributed by atoms with E-state index in [1.807, 2.05) is 54.9 Å². The molecule has 28 heavy (non-hydrogen) atoms. The van der Waals surface area contributed by atoms with Crippen molar-refractivity contribution in [2.24, 2.45) is 0 Å². The number of hydrogen-bond donors (Lipinski definition) is 1. The van der Waals surface area contributed by atoms with Gasteiger partial charge in [-0.05, 0) is 26.3 Å². The molecule has 0 fully saturated rings. The highest BCUT2D eigenvalue weighted by atomic mass is 16.3. The lowest BCUT2D eigenvalue weighted by atomic mass is 10.1. The van der Waals surface area contributed by atoms with Crippen LogP contribution in [0.1, 0.15) is 50.0 Å². The number of fused-ring (bicyclic) bond motifs is 1. The number of benzene rings is 1. The Labute approximate surface area is 165 Å². The number of rotatable bonds is 8. The van der Waals surface area contributed by atoms with Crippen molar-refractivity contribution in [3.63, 3.8) is 0 Å². The molecule has 1 N–H and O–H groups in total. The van der Waals surface area contributed by atoms with Crippen LogP contribution in [0.25, 0.3) is 22.3 Å². The summed E-state index contributed by atoms with van der Waals surface area (Å²) in [6.45, 7) is 7.07. The van der Waals surface area contributed by atoms with Crippen molar-refractivity contribution in [1.29, 1.82) is 0 Å². The molecule has 0 unspecified atom stereocenters. The van der Waals surface area contributed by atoms with Crippen molar-refractivity contribution < 1.29 is 9.90 Å². The SMILES string of the molecule is CCCCN(CCO)C(=O)c1cc(-c2ccccc2)nc2c1cnn2C(C)C. The Bertz CT molecular complexity index is 934. The van der Waals surface area contributed by atoms with Crippen molar-refractivity contribution >= 4 is 16.9 Å². The Morgan fingerprint density at radius 1 is 1.21 bits per heavy atom. The van der Waals surface area contributed by atoms with Crippen molar-refractivity contribution in [2.45, 2.75) is 39.7 Å². The summed E-state index contributed by atoms with van der Waals surface area (Å²) >= 11 is 0. The predicted octanol–water partition coefficient (Wildman–Crippen LogP) is 3.91. The lowest BCUT2D eigenvalue weighted by molar-refractivity contribution is 0.0721. The minimum Gasteiger partial charge on any atom is -0.395 e. The first-order valence-corrected chi connectivity index (χ1v) is 9.90. The van der Waals surface area contributed by atoms with Gasteiger partial charge in [0.1, 0.15) is 0 Å². The largest absolute Gasteiger partial charge is 0.395 e. The molecule has 1 amide bonds. The number of aliphatic hydroxyl groups excluding tert-OH is 1. The van der Waals surface area contributed by atoms with Gasteiger partial charge in [0.15, 0.2) is 5.65 Å². The van der Waals surface area contributed by atoms with Crippen LogP contribution in [-0.4, -0.2) is 50.4 Å². The Morgan fingerprint density at radius 3 is 2.61 bits per heavy atom. The van der Waals surface area contributed by atoms with E-state index < -0.39 is 0 Å². The van der Waals surface area contributed by atoms with E-state index in [1.165, 1.54) is 0 Å². The number of carbonyl (C=O) groups excluding carboxylic acids is 1. The highest BCUT2D eigenvalue weighted by Crippen LogP contribution is 2.27. The molecule has 0 spiro atoms. The quantitative estimate of drug-likeness (QED) is 0.643. The van der Waals surface area contributed by atoms with E-state index in [-0.39, 0.29) is 18.6 Å². The summed E-state index contributed by atoms with van der Waals surface area (Å²) in [5, 5.41) is 14.7. The average molecular weight is 380 g/mol. The highest BCUT2D eigenvalue weighted by molar-refractivity contribution is 6.06. The fourth-order valence-electron chi connectivity index (χ4n) is 3.28. The normalized spacial score (nSPS) is 11.3. The molecule has 0 bridgehead atoms.